The maximum absolute atomic E-state index is 12.5. The number of nitrogens with zero attached hydrogens (tertiary/aromatic N) is 2. The molecule has 0 heterocycles. The van der Waals surface area contributed by atoms with Gasteiger partial charge < -0.3 is 23.6 Å². The lowest BCUT2D eigenvalue weighted by atomic mass is 10.1. The predicted octanol–water partition coefficient (Wildman–Crippen LogP) is 6.28. The number of rotatable bonds is 27. The van der Waals surface area contributed by atoms with Crippen molar-refractivity contribution in [3.63, 3.8) is 0 Å². The summed E-state index contributed by atoms with van der Waals surface area (Å²) in [5.41, 5.74) is -0.174. The van der Waals surface area contributed by atoms with Crippen LogP contribution in [0.15, 0.2) is 24.3 Å². The van der Waals surface area contributed by atoms with Crippen LogP contribution < -0.4 is 4.74 Å². The number of phosphoric ester groups is 1. The van der Waals surface area contributed by atoms with E-state index in [2.05, 4.69) is 6.92 Å². The van der Waals surface area contributed by atoms with Crippen molar-refractivity contribution in [2.45, 2.75) is 103 Å². The molecule has 0 aliphatic heterocycles. The van der Waals surface area contributed by atoms with E-state index >= 15 is 0 Å². The summed E-state index contributed by atoms with van der Waals surface area (Å²) in [6, 6.07) is 4.85. The van der Waals surface area contributed by atoms with Gasteiger partial charge in [-0.25, -0.2) is 4.57 Å². The Morgan fingerprint density at radius 2 is 1.36 bits per heavy atom. The molecule has 2 unspecified atom stereocenters. The van der Waals surface area contributed by atoms with E-state index in [-0.39, 0.29) is 30.9 Å². The molecule has 0 spiro atoms. The van der Waals surface area contributed by atoms with Gasteiger partial charge in [0.1, 0.15) is 25.5 Å². The Morgan fingerprint density at radius 1 is 0.809 bits per heavy atom. The molecule has 0 amide bonds. The molecule has 1 rings (SSSR count). The van der Waals surface area contributed by atoms with Crippen LogP contribution in [0.4, 0.5) is 5.69 Å². The van der Waals surface area contributed by atoms with Crippen molar-refractivity contribution in [3.05, 3.63) is 34.4 Å². The van der Waals surface area contributed by atoms with Gasteiger partial charge in [0, 0.05) is 18.6 Å². The van der Waals surface area contributed by atoms with Crippen LogP contribution in [0.5, 0.6) is 5.75 Å². The van der Waals surface area contributed by atoms with Crippen molar-refractivity contribution in [2.75, 3.05) is 47.5 Å². The minimum Gasteiger partial charge on any atom is -0.462 e. The third-order valence-corrected chi connectivity index (χ3v) is 7.95. The molecular weight excluding hydrogens is 635 g/mol. The summed E-state index contributed by atoms with van der Waals surface area (Å²) in [4.78, 5) is 57.2. The first-order valence-electron chi connectivity index (χ1n) is 16.4. The zero-order valence-corrected chi connectivity index (χ0v) is 29.3. The lowest BCUT2D eigenvalue weighted by molar-refractivity contribution is -0.870. The number of hydrogen-bond acceptors (Lipinski definition) is 11. The average Bonchev–Trinajstić information content (AvgIpc) is 2.99. The number of carbonyl (C=O) groups excluding carboxylic acids is 3. The van der Waals surface area contributed by atoms with E-state index in [0.717, 1.165) is 19.3 Å². The fourth-order valence-electron chi connectivity index (χ4n) is 4.22. The molecule has 1 aromatic carbocycles. The highest BCUT2D eigenvalue weighted by molar-refractivity contribution is 7.47. The molecule has 0 aliphatic rings. The number of nitro groups is 1. The minimum absolute atomic E-state index is 0.0629. The third kappa shape index (κ3) is 23.1. The minimum atomic E-state index is -4.50. The Labute approximate surface area is 278 Å². The van der Waals surface area contributed by atoms with E-state index in [1.807, 2.05) is 21.1 Å². The summed E-state index contributed by atoms with van der Waals surface area (Å²) in [5, 5.41) is 10.8. The lowest BCUT2D eigenvalue weighted by Crippen LogP contribution is -2.37. The van der Waals surface area contributed by atoms with Gasteiger partial charge in [-0.05, 0) is 18.6 Å². The Hall–Kier alpha value is -2.90. The molecule has 15 heteroatoms. The summed E-state index contributed by atoms with van der Waals surface area (Å²) >= 11 is 0. The third-order valence-electron chi connectivity index (χ3n) is 6.97. The number of hydrogen-bond donors (Lipinski definition) is 1. The van der Waals surface area contributed by atoms with Gasteiger partial charge in [-0.15, -0.1) is 0 Å². The molecule has 0 aromatic heterocycles. The van der Waals surface area contributed by atoms with Crippen LogP contribution in [0.3, 0.4) is 0 Å². The number of benzene rings is 1. The standard InChI is InChI=1S/C32H53N2O12P/c1-5-6-7-8-9-10-11-12-13-14-15-16-30(35)42-25-29(26-44-47(40,41)43-24-23-34(2,3)4)46-32(37)22-21-31(36)45-28-19-17-27(18-20-28)33(38)39/h17-20,29H,5-16,21-26H2,1-4H3/p+1. The summed E-state index contributed by atoms with van der Waals surface area (Å²) < 4.78 is 38.5. The molecule has 14 nitrogen and oxygen atoms in total. The summed E-state index contributed by atoms with van der Waals surface area (Å²) in [5.74, 6) is -2.08. The largest absolute Gasteiger partial charge is 0.472 e. The van der Waals surface area contributed by atoms with Gasteiger partial charge in [0.05, 0.1) is 45.5 Å². The number of carbonyl (C=O) groups is 3. The topological polar surface area (TPSA) is 178 Å². The normalized spacial score (nSPS) is 13.4. The Bertz CT molecular complexity index is 1120. The van der Waals surface area contributed by atoms with Crippen LogP contribution in [0.1, 0.15) is 96.8 Å². The van der Waals surface area contributed by atoms with E-state index in [4.69, 9.17) is 23.3 Å². The van der Waals surface area contributed by atoms with Gasteiger partial charge in [0.25, 0.3) is 5.69 Å². The Balaban J connectivity index is 2.53. The fraction of sp³-hybridized carbons (Fsp3) is 0.719. The lowest BCUT2D eigenvalue weighted by Gasteiger charge is -2.24. The summed E-state index contributed by atoms with van der Waals surface area (Å²) in [7, 11) is 1.15. The van der Waals surface area contributed by atoms with Gasteiger partial charge in [0.2, 0.25) is 0 Å². The second-order valence-electron chi connectivity index (χ2n) is 12.4. The molecule has 0 saturated carbocycles. The molecule has 0 aliphatic carbocycles. The molecule has 0 fully saturated rings. The van der Waals surface area contributed by atoms with Gasteiger partial charge in [0.15, 0.2) is 6.10 Å². The zero-order valence-electron chi connectivity index (χ0n) is 28.4. The van der Waals surface area contributed by atoms with E-state index in [0.29, 0.717) is 17.4 Å². The maximum atomic E-state index is 12.5. The predicted molar refractivity (Wildman–Crippen MR) is 175 cm³/mol. The first kappa shape index (κ1) is 42.1. The van der Waals surface area contributed by atoms with Crippen LogP contribution in [-0.4, -0.2) is 85.8 Å². The average molecular weight is 690 g/mol. The molecule has 0 saturated heterocycles. The highest BCUT2D eigenvalue weighted by atomic mass is 31.2. The number of phosphoric acid groups is 1. The van der Waals surface area contributed by atoms with Crippen molar-refractivity contribution >= 4 is 31.4 Å². The highest BCUT2D eigenvalue weighted by Gasteiger charge is 2.27. The number of likely N-dealkylation sites (N-methyl/N-ethyl adjacent to an activating group) is 1. The number of quaternary nitrogens is 1. The number of ether oxygens (including phenoxy) is 3. The molecule has 268 valence electrons. The fourth-order valence-corrected chi connectivity index (χ4v) is 4.96. The second-order valence-corrected chi connectivity index (χ2v) is 13.9. The van der Waals surface area contributed by atoms with Crippen LogP contribution in [0.25, 0.3) is 0 Å². The molecule has 1 aromatic rings. The van der Waals surface area contributed by atoms with Crippen molar-refractivity contribution in [2.24, 2.45) is 0 Å². The van der Waals surface area contributed by atoms with Crippen molar-refractivity contribution < 1.29 is 56.5 Å². The molecular formula is C32H54N2O12P+. The number of esters is 3. The molecule has 0 bridgehead atoms. The van der Waals surface area contributed by atoms with E-state index in [9.17, 15) is 34.0 Å². The first-order valence-corrected chi connectivity index (χ1v) is 17.9. The molecule has 2 atom stereocenters. The molecule has 1 N–H and O–H groups in total. The molecule has 47 heavy (non-hydrogen) atoms. The maximum Gasteiger partial charge on any atom is 0.472 e. The molecule has 0 radical (unpaired) electrons. The van der Waals surface area contributed by atoms with Gasteiger partial charge in [-0.3, -0.25) is 33.5 Å². The van der Waals surface area contributed by atoms with E-state index in [1.165, 1.54) is 69.2 Å². The van der Waals surface area contributed by atoms with Gasteiger partial charge in [-0.1, -0.05) is 71.1 Å². The van der Waals surface area contributed by atoms with Crippen LogP contribution >= 0.6 is 7.82 Å². The summed E-state index contributed by atoms with van der Waals surface area (Å²) in [6.45, 7) is 1.56. The van der Waals surface area contributed by atoms with Crippen molar-refractivity contribution in [1.82, 2.24) is 0 Å². The quantitative estimate of drug-likeness (QED) is 0.0208. The smallest absolute Gasteiger partial charge is 0.462 e. The SMILES string of the molecule is CCCCCCCCCCCCCC(=O)OCC(COP(=O)(O)OCC[N+](C)(C)C)OC(=O)CCC(=O)Oc1ccc([N+](=O)[O-])cc1. The number of nitro benzene ring substituents is 1. The van der Waals surface area contributed by atoms with Crippen LogP contribution in [0, 0.1) is 10.1 Å². The first-order chi connectivity index (χ1) is 22.2. The van der Waals surface area contributed by atoms with Crippen LogP contribution in [-0.2, 0) is 37.5 Å². The monoisotopic (exact) mass is 689 g/mol. The van der Waals surface area contributed by atoms with E-state index in [1.54, 1.807) is 0 Å². The number of unbranched alkanes of at least 4 members (excludes halogenated alkanes) is 10. The van der Waals surface area contributed by atoms with Gasteiger partial charge >= 0.3 is 25.7 Å². The zero-order chi connectivity index (χ0) is 35.1. The van der Waals surface area contributed by atoms with E-state index < -0.39 is 56.4 Å². The van der Waals surface area contributed by atoms with Gasteiger partial charge in [-0.2, -0.15) is 0 Å². The van der Waals surface area contributed by atoms with Crippen LogP contribution in [0.2, 0.25) is 0 Å². The highest BCUT2D eigenvalue weighted by Crippen LogP contribution is 2.43. The number of non-ortho nitro benzene ring substituents is 1. The Morgan fingerprint density at radius 3 is 1.91 bits per heavy atom. The summed E-state index contributed by atoms with van der Waals surface area (Å²) in [6.07, 6.45) is 10.7. The van der Waals surface area contributed by atoms with Crippen molar-refractivity contribution in [3.8, 4) is 5.75 Å². The van der Waals surface area contributed by atoms with Crippen molar-refractivity contribution in [1.29, 1.82) is 0 Å². The second kappa shape index (κ2) is 23.4. The Kier molecular flexibility index (Phi) is 21.0.